The van der Waals surface area contributed by atoms with Gasteiger partial charge in [0.05, 0.1) is 0 Å². The van der Waals surface area contributed by atoms with Gasteiger partial charge in [0.2, 0.25) is 0 Å². The van der Waals surface area contributed by atoms with Crippen molar-refractivity contribution >= 4 is 11.8 Å². The molecule has 0 fully saturated rings. The van der Waals surface area contributed by atoms with Gasteiger partial charge in [-0.1, -0.05) is 0 Å². The van der Waals surface area contributed by atoms with Crippen molar-refractivity contribution in [1.29, 1.82) is 0 Å². The summed E-state index contributed by atoms with van der Waals surface area (Å²) in [5.41, 5.74) is 0.737. The lowest BCUT2D eigenvalue weighted by atomic mass is 10.1. The van der Waals surface area contributed by atoms with E-state index in [-0.39, 0.29) is 17.5 Å². The molecule has 0 saturated heterocycles. The molecule has 1 aromatic carbocycles. The molecule has 0 heterocycles. The predicted molar refractivity (Wildman–Crippen MR) is 73.8 cm³/mol. The molecule has 0 aromatic heterocycles. The maximum absolute atomic E-state index is 9.74. The van der Waals surface area contributed by atoms with Gasteiger partial charge in [0.15, 0.2) is 0 Å². The molecule has 3 nitrogen and oxygen atoms in total. The SMILES string of the molecule is CSCCC(C)NC(C)c1cc(O)ccc1O. The van der Waals surface area contributed by atoms with Crippen molar-refractivity contribution in [3.05, 3.63) is 23.8 Å². The van der Waals surface area contributed by atoms with Crippen molar-refractivity contribution in [1.82, 2.24) is 5.32 Å². The zero-order valence-corrected chi connectivity index (χ0v) is 11.4. The molecule has 17 heavy (non-hydrogen) atoms. The lowest BCUT2D eigenvalue weighted by Crippen LogP contribution is -2.29. The summed E-state index contributed by atoms with van der Waals surface area (Å²) in [4.78, 5) is 0. The van der Waals surface area contributed by atoms with Gasteiger partial charge in [0.1, 0.15) is 11.5 Å². The van der Waals surface area contributed by atoms with E-state index in [4.69, 9.17) is 0 Å². The van der Waals surface area contributed by atoms with Crippen LogP contribution in [0.2, 0.25) is 0 Å². The quantitative estimate of drug-likeness (QED) is 0.684. The van der Waals surface area contributed by atoms with Gasteiger partial charge < -0.3 is 15.5 Å². The summed E-state index contributed by atoms with van der Waals surface area (Å²) in [6, 6.07) is 5.03. The summed E-state index contributed by atoms with van der Waals surface area (Å²) < 4.78 is 0. The second-order valence-corrected chi connectivity index (χ2v) is 5.30. The van der Waals surface area contributed by atoms with E-state index in [0.29, 0.717) is 6.04 Å². The van der Waals surface area contributed by atoms with Crippen molar-refractivity contribution in [2.24, 2.45) is 0 Å². The third kappa shape index (κ3) is 4.48. The fraction of sp³-hybridized carbons (Fsp3) is 0.538. The van der Waals surface area contributed by atoms with E-state index >= 15 is 0 Å². The van der Waals surface area contributed by atoms with Crippen LogP contribution in [0.3, 0.4) is 0 Å². The molecule has 0 radical (unpaired) electrons. The Hall–Kier alpha value is -0.870. The smallest absolute Gasteiger partial charge is 0.120 e. The lowest BCUT2D eigenvalue weighted by molar-refractivity contribution is 0.424. The van der Waals surface area contributed by atoms with Gasteiger partial charge in [-0.3, -0.25) is 0 Å². The molecule has 1 aromatic rings. The van der Waals surface area contributed by atoms with Crippen LogP contribution in [-0.4, -0.2) is 28.3 Å². The molecule has 0 spiro atoms. The summed E-state index contributed by atoms with van der Waals surface area (Å²) in [6.45, 7) is 4.12. The fourth-order valence-electron chi connectivity index (χ4n) is 1.78. The van der Waals surface area contributed by atoms with Crippen LogP contribution in [0.4, 0.5) is 0 Å². The van der Waals surface area contributed by atoms with Gasteiger partial charge in [-0.15, -0.1) is 0 Å². The average Bonchev–Trinajstić information content (AvgIpc) is 2.29. The van der Waals surface area contributed by atoms with Crippen molar-refractivity contribution in [3.63, 3.8) is 0 Å². The number of aromatic hydroxyl groups is 2. The highest BCUT2D eigenvalue weighted by Crippen LogP contribution is 2.28. The average molecular weight is 255 g/mol. The maximum atomic E-state index is 9.74. The first-order valence-corrected chi connectivity index (χ1v) is 7.20. The highest BCUT2D eigenvalue weighted by Gasteiger charge is 2.13. The summed E-state index contributed by atoms with van der Waals surface area (Å²) in [7, 11) is 0. The van der Waals surface area contributed by atoms with E-state index in [2.05, 4.69) is 18.5 Å². The second-order valence-electron chi connectivity index (χ2n) is 4.31. The number of rotatable bonds is 6. The topological polar surface area (TPSA) is 52.5 Å². The van der Waals surface area contributed by atoms with Gasteiger partial charge in [-0.2, -0.15) is 11.8 Å². The highest BCUT2D eigenvalue weighted by molar-refractivity contribution is 7.98. The monoisotopic (exact) mass is 255 g/mol. The second kappa shape index (κ2) is 6.77. The first kappa shape index (κ1) is 14.2. The molecule has 0 saturated carbocycles. The van der Waals surface area contributed by atoms with Gasteiger partial charge in [0.25, 0.3) is 0 Å². The molecule has 96 valence electrons. The summed E-state index contributed by atoms with van der Waals surface area (Å²) in [6.07, 6.45) is 3.18. The molecule has 0 aliphatic carbocycles. The molecular formula is C13H21NO2S. The van der Waals surface area contributed by atoms with Crippen molar-refractivity contribution < 1.29 is 10.2 Å². The Kier molecular flexibility index (Phi) is 5.65. The first-order valence-electron chi connectivity index (χ1n) is 5.81. The third-order valence-corrected chi connectivity index (χ3v) is 3.41. The Morgan fingerprint density at radius 1 is 1.29 bits per heavy atom. The molecule has 0 amide bonds. The number of phenolic OH excluding ortho intramolecular Hbond substituents is 2. The van der Waals surface area contributed by atoms with Gasteiger partial charge in [0, 0.05) is 17.6 Å². The molecule has 0 aliphatic rings. The van der Waals surface area contributed by atoms with E-state index in [0.717, 1.165) is 17.7 Å². The van der Waals surface area contributed by atoms with E-state index in [1.165, 1.54) is 12.1 Å². The minimum atomic E-state index is 0.0268. The minimum absolute atomic E-state index is 0.0268. The van der Waals surface area contributed by atoms with Gasteiger partial charge >= 0.3 is 0 Å². The Balaban J connectivity index is 2.62. The summed E-state index contributed by atoms with van der Waals surface area (Å²) >= 11 is 1.83. The van der Waals surface area contributed by atoms with Crippen LogP contribution < -0.4 is 5.32 Å². The normalized spacial score (nSPS) is 14.5. The summed E-state index contributed by atoms with van der Waals surface area (Å²) in [5.74, 6) is 1.52. The Morgan fingerprint density at radius 3 is 2.65 bits per heavy atom. The molecule has 4 heteroatoms. The standard InChI is InChI=1S/C13H21NO2S/c1-9(6-7-17-3)14-10(2)12-8-11(15)4-5-13(12)16/h4-5,8-10,14-16H,6-7H2,1-3H3. The number of hydrogen-bond acceptors (Lipinski definition) is 4. The molecule has 2 atom stereocenters. The van der Waals surface area contributed by atoms with Crippen LogP contribution in [0.5, 0.6) is 11.5 Å². The van der Waals surface area contributed by atoms with Crippen LogP contribution >= 0.6 is 11.8 Å². The number of phenols is 2. The van der Waals surface area contributed by atoms with Crippen LogP contribution in [-0.2, 0) is 0 Å². The minimum Gasteiger partial charge on any atom is -0.508 e. The maximum Gasteiger partial charge on any atom is 0.120 e. The molecule has 1 rings (SSSR count). The third-order valence-electron chi connectivity index (χ3n) is 2.77. The first-order chi connectivity index (χ1) is 8.04. The highest BCUT2D eigenvalue weighted by atomic mass is 32.2. The number of benzene rings is 1. The Labute approximate surface area is 107 Å². The van der Waals surface area contributed by atoms with Crippen LogP contribution in [0.15, 0.2) is 18.2 Å². The van der Waals surface area contributed by atoms with Crippen molar-refractivity contribution in [3.8, 4) is 11.5 Å². The molecule has 3 N–H and O–H groups in total. The van der Waals surface area contributed by atoms with Crippen LogP contribution in [0.1, 0.15) is 31.9 Å². The number of nitrogens with one attached hydrogen (secondary N) is 1. The van der Waals surface area contributed by atoms with E-state index in [1.807, 2.05) is 18.7 Å². The summed E-state index contributed by atoms with van der Waals surface area (Å²) in [5, 5.41) is 22.6. The van der Waals surface area contributed by atoms with Crippen LogP contribution in [0, 0.1) is 0 Å². The Bertz CT molecular complexity index is 357. The van der Waals surface area contributed by atoms with E-state index in [9.17, 15) is 10.2 Å². The van der Waals surface area contributed by atoms with Gasteiger partial charge in [-0.25, -0.2) is 0 Å². The fourth-order valence-corrected chi connectivity index (χ4v) is 2.37. The van der Waals surface area contributed by atoms with Crippen LogP contribution in [0.25, 0.3) is 0 Å². The van der Waals surface area contributed by atoms with Gasteiger partial charge in [-0.05, 0) is 50.5 Å². The molecule has 0 aliphatic heterocycles. The number of hydrogen-bond donors (Lipinski definition) is 3. The number of thioether (sulfide) groups is 1. The molecule has 2 unspecified atom stereocenters. The largest absolute Gasteiger partial charge is 0.508 e. The lowest BCUT2D eigenvalue weighted by Gasteiger charge is -2.21. The predicted octanol–water partition coefficient (Wildman–Crippen LogP) is 2.89. The van der Waals surface area contributed by atoms with E-state index < -0.39 is 0 Å². The zero-order valence-electron chi connectivity index (χ0n) is 10.6. The Morgan fingerprint density at radius 2 is 2.00 bits per heavy atom. The zero-order chi connectivity index (χ0) is 12.8. The molecular weight excluding hydrogens is 234 g/mol. The van der Waals surface area contributed by atoms with Crippen molar-refractivity contribution in [2.45, 2.75) is 32.4 Å². The molecule has 0 bridgehead atoms. The van der Waals surface area contributed by atoms with Crippen molar-refractivity contribution in [2.75, 3.05) is 12.0 Å². The van der Waals surface area contributed by atoms with E-state index in [1.54, 1.807) is 6.07 Å².